The number of hydrogen-bond donors (Lipinski definition) is 1. The molecule has 1 fully saturated rings. The molecule has 1 aliphatic heterocycles. The van der Waals surface area contributed by atoms with Gasteiger partial charge in [0.1, 0.15) is 6.04 Å². The summed E-state index contributed by atoms with van der Waals surface area (Å²) in [5, 5.41) is 5.38. The predicted octanol–water partition coefficient (Wildman–Crippen LogP) is 2.67. The van der Waals surface area contributed by atoms with Gasteiger partial charge in [-0.3, -0.25) is 9.59 Å². The summed E-state index contributed by atoms with van der Waals surface area (Å²) in [5.41, 5.74) is 3.24. The maximum atomic E-state index is 12.6. The van der Waals surface area contributed by atoms with E-state index < -0.39 is 6.04 Å². The molecule has 2 heterocycles. The number of nitrogens with zero attached hydrogens (tertiary/aromatic N) is 2. The van der Waals surface area contributed by atoms with Crippen LogP contribution in [0.2, 0.25) is 5.02 Å². The summed E-state index contributed by atoms with van der Waals surface area (Å²) < 4.78 is 0. The van der Waals surface area contributed by atoms with Gasteiger partial charge >= 0.3 is 0 Å². The maximum absolute atomic E-state index is 12.6. The van der Waals surface area contributed by atoms with Crippen molar-refractivity contribution in [3.05, 3.63) is 51.4 Å². The van der Waals surface area contributed by atoms with Crippen molar-refractivity contribution in [2.45, 2.75) is 12.5 Å². The van der Waals surface area contributed by atoms with Crippen LogP contribution in [0.1, 0.15) is 16.1 Å². The van der Waals surface area contributed by atoms with Crippen molar-refractivity contribution in [1.29, 1.82) is 0 Å². The summed E-state index contributed by atoms with van der Waals surface area (Å²) in [6, 6.07) is 6.36. The summed E-state index contributed by atoms with van der Waals surface area (Å²) in [6.07, 6.45) is 0.692. The molecule has 1 unspecified atom stereocenters. The SMILES string of the molecule is O=C(NCCc1cscn1)C1CSCN1C(=O)c1cccc(Cl)c1. The molecule has 0 spiro atoms. The molecule has 0 bridgehead atoms. The minimum Gasteiger partial charge on any atom is -0.354 e. The zero-order chi connectivity index (χ0) is 16.9. The quantitative estimate of drug-likeness (QED) is 0.864. The van der Waals surface area contributed by atoms with Gasteiger partial charge in [-0.15, -0.1) is 23.1 Å². The first-order chi connectivity index (χ1) is 11.6. The first kappa shape index (κ1) is 17.3. The molecule has 1 saturated heterocycles. The monoisotopic (exact) mass is 381 g/mol. The number of benzene rings is 1. The molecule has 0 saturated carbocycles. The third kappa shape index (κ3) is 4.09. The van der Waals surface area contributed by atoms with E-state index in [2.05, 4.69) is 10.3 Å². The fourth-order valence-corrected chi connectivity index (χ4v) is 4.38. The van der Waals surface area contributed by atoms with E-state index in [9.17, 15) is 9.59 Å². The van der Waals surface area contributed by atoms with Gasteiger partial charge in [-0.05, 0) is 18.2 Å². The summed E-state index contributed by atoms with van der Waals surface area (Å²) in [4.78, 5) is 30.9. The van der Waals surface area contributed by atoms with Crippen LogP contribution in [0.4, 0.5) is 0 Å². The van der Waals surface area contributed by atoms with Gasteiger partial charge in [0.15, 0.2) is 0 Å². The Bertz CT molecular complexity index is 724. The highest BCUT2D eigenvalue weighted by atomic mass is 35.5. The van der Waals surface area contributed by atoms with E-state index in [4.69, 9.17) is 11.6 Å². The molecule has 1 aromatic carbocycles. The molecular weight excluding hydrogens is 366 g/mol. The van der Waals surface area contributed by atoms with Crippen LogP contribution in [0.15, 0.2) is 35.2 Å². The molecule has 5 nitrogen and oxygen atoms in total. The second kappa shape index (κ2) is 8.00. The second-order valence-corrected chi connectivity index (χ2v) is 7.48. The van der Waals surface area contributed by atoms with Crippen LogP contribution in [0.3, 0.4) is 0 Å². The third-order valence-corrected chi connectivity index (χ3v) is 5.56. The van der Waals surface area contributed by atoms with Crippen molar-refractivity contribution in [3.63, 3.8) is 0 Å². The predicted molar refractivity (Wildman–Crippen MR) is 97.6 cm³/mol. The van der Waals surface area contributed by atoms with Crippen LogP contribution >= 0.6 is 34.7 Å². The molecule has 2 aromatic rings. The fourth-order valence-electron chi connectivity index (χ4n) is 2.44. The van der Waals surface area contributed by atoms with Gasteiger partial charge in [0.05, 0.1) is 17.1 Å². The van der Waals surface area contributed by atoms with E-state index in [1.54, 1.807) is 46.4 Å². The van der Waals surface area contributed by atoms with E-state index in [1.807, 2.05) is 5.38 Å². The third-order valence-electron chi connectivity index (χ3n) is 3.68. The number of carbonyl (C=O) groups excluding carboxylic acids is 2. The van der Waals surface area contributed by atoms with E-state index >= 15 is 0 Å². The van der Waals surface area contributed by atoms with Crippen molar-refractivity contribution >= 4 is 46.5 Å². The van der Waals surface area contributed by atoms with Gasteiger partial charge in [0, 0.05) is 34.7 Å². The van der Waals surface area contributed by atoms with Gasteiger partial charge in [-0.2, -0.15) is 0 Å². The lowest BCUT2D eigenvalue weighted by atomic mass is 10.1. The highest BCUT2D eigenvalue weighted by Gasteiger charge is 2.34. The molecule has 1 atom stereocenters. The summed E-state index contributed by atoms with van der Waals surface area (Å²) in [5.74, 6) is 0.831. The Labute approximate surface area is 153 Å². The first-order valence-electron chi connectivity index (χ1n) is 7.44. The number of rotatable bonds is 5. The number of thiazole rings is 1. The van der Waals surface area contributed by atoms with Crippen LogP contribution in [0.5, 0.6) is 0 Å². The summed E-state index contributed by atoms with van der Waals surface area (Å²) >= 11 is 9.07. The minimum absolute atomic E-state index is 0.120. The Morgan fingerprint density at radius 3 is 3.04 bits per heavy atom. The Morgan fingerprint density at radius 2 is 2.29 bits per heavy atom. The van der Waals surface area contributed by atoms with Crippen LogP contribution in [-0.4, -0.2) is 45.9 Å². The van der Waals surface area contributed by atoms with E-state index in [1.165, 1.54) is 11.3 Å². The van der Waals surface area contributed by atoms with Gasteiger partial charge in [-0.25, -0.2) is 4.98 Å². The molecule has 0 radical (unpaired) electrons. The van der Waals surface area contributed by atoms with E-state index in [0.29, 0.717) is 35.2 Å². The van der Waals surface area contributed by atoms with Crippen molar-refractivity contribution < 1.29 is 9.59 Å². The lowest BCUT2D eigenvalue weighted by Gasteiger charge is -2.23. The van der Waals surface area contributed by atoms with Crippen LogP contribution in [-0.2, 0) is 11.2 Å². The van der Waals surface area contributed by atoms with Gasteiger partial charge in [0.2, 0.25) is 5.91 Å². The largest absolute Gasteiger partial charge is 0.354 e. The highest BCUT2D eigenvalue weighted by Crippen LogP contribution is 2.24. The number of amides is 2. The second-order valence-electron chi connectivity index (χ2n) is 5.32. The van der Waals surface area contributed by atoms with Gasteiger partial charge < -0.3 is 10.2 Å². The normalized spacial score (nSPS) is 17.0. The summed E-state index contributed by atoms with van der Waals surface area (Å²) in [6.45, 7) is 0.517. The Morgan fingerprint density at radius 1 is 1.42 bits per heavy atom. The van der Waals surface area contributed by atoms with Gasteiger partial charge in [0.25, 0.3) is 5.91 Å². The molecule has 3 rings (SSSR count). The number of thioether (sulfide) groups is 1. The number of nitrogens with one attached hydrogen (secondary N) is 1. The molecule has 1 aliphatic rings. The Hall–Kier alpha value is -1.57. The molecule has 8 heteroatoms. The summed E-state index contributed by atoms with van der Waals surface area (Å²) in [7, 11) is 0. The standard InChI is InChI=1S/C16H16ClN3O2S2/c17-12-3-1-2-11(6-12)16(22)20-10-24-8-14(20)15(21)18-5-4-13-7-23-9-19-13/h1-3,6-7,9,14H,4-5,8,10H2,(H,18,21). The van der Waals surface area contributed by atoms with Crippen molar-refractivity contribution in [3.8, 4) is 0 Å². The first-order valence-corrected chi connectivity index (χ1v) is 9.92. The van der Waals surface area contributed by atoms with Crippen LogP contribution < -0.4 is 5.32 Å². The molecule has 126 valence electrons. The number of carbonyl (C=O) groups is 2. The van der Waals surface area contributed by atoms with Crippen molar-refractivity contribution in [1.82, 2.24) is 15.2 Å². The fraction of sp³-hybridized carbons (Fsp3) is 0.312. The van der Waals surface area contributed by atoms with Gasteiger partial charge in [-0.1, -0.05) is 17.7 Å². The zero-order valence-electron chi connectivity index (χ0n) is 12.8. The van der Waals surface area contributed by atoms with Crippen molar-refractivity contribution in [2.24, 2.45) is 0 Å². The Balaban J connectivity index is 1.60. The number of hydrogen-bond acceptors (Lipinski definition) is 5. The smallest absolute Gasteiger partial charge is 0.255 e. The van der Waals surface area contributed by atoms with Crippen molar-refractivity contribution in [2.75, 3.05) is 18.2 Å². The van der Waals surface area contributed by atoms with E-state index in [-0.39, 0.29) is 11.8 Å². The molecular formula is C16H16ClN3O2S2. The molecule has 0 aliphatic carbocycles. The lowest BCUT2D eigenvalue weighted by Crippen LogP contribution is -2.47. The molecule has 1 aromatic heterocycles. The van der Waals surface area contributed by atoms with Crippen LogP contribution in [0, 0.1) is 0 Å². The topological polar surface area (TPSA) is 62.3 Å². The van der Waals surface area contributed by atoms with E-state index in [0.717, 1.165) is 5.69 Å². The highest BCUT2D eigenvalue weighted by molar-refractivity contribution is 7.99. The maximum Gasteiger partial charge on any atom is 0.255 e. The molecule has 2 amide bonds. The Kier molecular flexibility index (Phi) is 5.76. The molecule has 1 N–H and O–H groups in total. The number of aromatic nitrogens is 1. The molecule has 24 heavy (non-hydrogen) atoms. The zero-order valence-corrected chi connectivity index (χ0v) is 15.2. The average Bonchev–Trinajstić information content (AvgIpc) is 3.25. The average molecular weight is 382 g/mol. The minimum atomic E-state index is -0.447. The van der Waals surface area contributed by atoms with Crippen LogP contribution in [0.25, 0.3) is 0 Å². The number of halogens is 1. The lowest BCUT2D eigenvalue weighted by molar-refractivity contribution is -0.124.